The Morgan fingerprint density at radius 3 is 2.55 bits per heavy atom. The van der Waals surface area contributed by atoms with Crippen molar-refractivity contribution in [2.75, 3.05) is 24.3 Å². The molecule has 0 spiro atoms. The SMILES string of the molecule is CCN(C(=O)c1ccc(OC)c(N)c1)c1ccncc1. The molecule has 0 fully saturated rings. The van der Waals surface area contributed by atoms with Gasteiger partial charge in [0.25, 0.3) is 5.91 Å². The van der Waals surface area contributed by atoms with Crippen molar-refractivity contribution in [3.05, 3.63) is 48.3 Å². The first-order valence-electron chi connectivity index (χ1n) is 6.32. The van der Waals surface area contributed by atoms with Crippen LogP contribution in [0.4, 0.5) is 11.4 Å². The minimum Gasteiger partial charge on any atom is -0.495 e. The minimum absolute atomic E-state index is 0.104. The van der Waals surface area contributed by atoms with Crippen LogP contribution in [0, 0.1) is 0 Å². The van der Waals surface area contributed by atoms with Crippen molar-refractivity contribution in [2.45, 2.75) is 6.92 Å². The Morgan fingerprint density at radius 1 is 1.30 bits per heavy atom. The van der Waals surface area contributed by atoms with E-state index in [0.717, 1.165) is 5.69 Å². The molecule has 0 saturated carbocycles. The molecule has 0 aliphatic heterocycles. The number of aromatic nitrogens is 1. The molecule has 20 heavy (non-hydrogen) atoms. The van der Waals surface area contributed by atoms with Gasteiger partial charge in [-0.1, -0.05) is 0 Å². The molecule has 0 aliphatic rings. The molecule has 0 atom stereocenters. The van der Waals surface area contributed by atoms with E-state index in [1.54, 1.807) is 54.7 Å². The van der Waals surface area contributed by atoms with Gasteiger partial charge >= 0.3 is 0 Å². The molecule has 104 valence electrons. The van der Waals surface area contributed by atoms with Crippen molar-refractivity contribution in [1.29, 1.82) is 0 Å². The van der Waals surface area contributed by atoms with Gasteiger partial charge in [-0.15, -0.1) is 0 Å². The number of amides is 1. The fraction of sp³-hybridized carbons (Fsp3) is 0.200. The van der Waals surface area contributed by atoms with E-state index in [9.17, 15) is 4.79 Å². The van der Waals surface area contributed by atoms with Gasteiger partial charge in [0.2, 0.25) is 0 Å². The number of benzene rings is 1. The number of methoxy groups -OCH3 is 1. The van der Waals surface area contributed by atoms with Crippen LogP contribution in [-0.4, -0.2) is 24.5 Å². The number of pyridine rings is 1. The topological polar surface area (TPSA) is 68.5 Å². The van der Waals surface area contributed by atoms with Gasteiger partial charge in [-0.05, 0) is 37.3 Å². The van der Waals surface area contributed by atoms with Gasteiger partial charge in [-0.25, -0.2) is 0 Å². The summed E-state index contributed by atoms with van der Waals surface area (Å²) in [5.74, 6) is 0.460. The maximum Gasteiger partial charge on any atom is 0.258 e. The number of nitrogen functional groups attached to an aromatic ring is 1. The number of hydrogen-bond acceptors (Lipinski definition) is 4. The maximum atomic E-state index is 12.5. The molecule has 0 unspecified atom stereocenters. The third kappa shape index (κ3) is 2.71. The summed E-state index contributed by atoms with van der Waals surface area (Å²) in [7, 11) is 1.54. The number of nitrogens with zero attached hydrogens (tertiary/aromatic N) is 2. The van der Waals surface area contributed by atoms with Gasteiger partial charge in [0.15, 0.2) is 0 Å². The zero-order valence-electron chi connectivity index (χ0n) is 11.5. The van der Waals surface area contributed by atoms with E-state index in [1.807, 2.05) is 6.92 Å². The average molecular weight is 271 g/mol. The van der Waals surface area contributed by atoms with Crippen LogP contribution in [0.2, 0.25) is 0 Å². The molecule has 0 bridgehead atoms. The smallest absolute Gasteiger partial charge is 0.258 e. The number of carbonyl (C=O) groups is 1. The lowest BCUT2D eigenvalue weighted by Gasteiger charge is -2.21. The number of carbonyl (C=O) groups excluding carboxylic acids is 1. The number of rotatable bonds is 4. The van der Waals surface area contributed by atoms with Crippen LogP contribution < -0.4 is 15.4 Å². The zero-order chi connectivity index (χ0) is 14.5. The van der Waals surface area contributed by atoms with Gasteiger partial charge in [0, 0.05) is 30.2 Å². The molecule has 2 N–H and O–H groups in total. The predicted octanol–water partition coefficient (Wildman–Crippen LogP) is 2.34. The van der Waals surface area contributed by atoms with Crippen molar-refractivity contribution in [2.24, 2.45) is 0 Å². The second-order valence-corrected chi connectivity index (χ2v) is 4.21. The van der Waals surface area contributed by atoms with Crippen molar-refractivity contribution in [3.63, 3.8) is 0 Å². The van der Waals surface area contributed by atoms with Crippen LogP contribution in [0.25, 0.3) is 0 Å². The van der Waals surface area contributed by atoms with Gasteiger partial charge in [0.05, 0.1) is 12.8 Å². The second-order valence-electron chi connectivity index (χ2n) is 4.21. The van der Waals surface area contributed by atoms with Crippen molar-refractivity contribution < 1.29 is 9.53 Å². The molecule has 0 radical (unpaired) electrons. The maximum absolute atomic E-state index is 12.5. The lowest BCUT2D eigenvalue weighted by Crippen LogP contribution is -2.30. The Hall–Kier alpha value is -2.56. The summed E-state index contributed by atoms with van der Waals surface area (Å²) in [5, 5.41) is 0. The van der Waals surface area contributed by atoms with Crippen molar-refractivity contribution >= 4 is 17.3 Å². The summed E-state index contributed by atoms with van der Waals surface area (Å²) >= 11 is 0. The number of ether oxygens (including phenoxy) is 1. The van der Waals surface area contributed by atoms with Gasteiger partial charge in [-0.3, -0.25) is 9.78 Å². The minimum atomic E-state index is -0.104. The van der Waals surface area contributed by atoms with Gasteiger partial charge < -0.3 is 15.4 Å². The first kappa shape index (κ1) is 13.9. The van der Waals surface area contributed by atoms with E-state index >= 15 is 0 Å². The van der Waals surface area contributed by atoms with Crippen LogP contribution in [0.3, 0.4) is 0 Å². The van der Waals surface area contributed by atoms with E-state index in [1.165, 1.54) is 0 Å². The normalized spacial score (nSPS) is 10.1. The molecule has 2 aromatic rings. The summed E-state index contributed by atoms with van der Waals surface area (Å²) in [6.07, 6.45) is 3.32. The number of nitrogens with two attached hydrogens (primary N) is 1. The predicted molar refractivity (Wildman–Crippen MR) is 79.0 cm³/mol. The Bertz CT molecular complexity index is 599. The summed E-state index contributed by atoms with van der Waals surface area (Å²) in [6, 6.07) is 8.64. The zero-order valence-corrected chi connectivity index (χ0v) is 11.5. The van der Waals surface area contributed by atoms with E-state index in [-0.39, 0.29) is 5.91 Å². The molecule has 1 amide bonds. The van der Waals surface area contributed by atoms with E-state index in [4.69, 9.17) is 10.5 Å². The summed E-state index contributed by atoms with van der Waals surface area (Å²) in [4.78, 5) is 18.2. The molecule has 2 rings (SSSR count). The lowest BCUT2D eigenvalue weighted by atomic mass is 10.1. The molecular weight excluding hydrogens is 254 g/mol. The molecule has 1 aromatic heterocycles. The van der Waals surface area contributed by atoms with Crippen LogP contribution in [0.5, 0.6) is 5.75 Å². The second kappa shape index (κ2) is 6.06. The molecule has 0 saturated heterocycles. The third-order valence-electron chi connectivity index (χ3n) is 3.01. The van der Waals surface area contributed by atoms with Gasteiger partial charge in [0.1, 0.15) is 5.75 Å². The summed E-state index contributed by atoms with van der Waals surface area (Å²) in [6.45, 7) is 2.49. The Morgan fingerprint density at radius 2 is 2.00 bits per heavy atom. The Balaban J connectivity index is 2.32. The molecule has 5 nitrogen and oxygen atoms in total. The molecule has 1 aromatic carbocycles. The molecule has 1 heterocycles. The number of anilines is 2. The Labute approximate surface area is 118 Å². The first-order valence-corrected chi connectivity index (χ1v) is 6.32. The van der Waals surface area contributed by atoms with Crippen LogP contribution in [-0.2, 0) is 0 Å². The molecule has 5 heteroatoms. The standard InChI is InChI=1S/C15H17N3O2/c1-3-18(12-6-8-17-9-7-12)15(19)11-4-5-14(20-2)13(16)10-11/h4-10H,3,16H2,1-2H3. The Kier molecular flexibility index (Phi) is 4.20. The fourth-order valence-corrected chi connectivity index (χ4v) is 1.99. The quantitative estimate of drug-likeness (QED) is 0.867. The molecule has 0 aliphatic carbocycles. The highest BCUT2D eigenvalue weighted by Crippen LogP contribution is 2.24. The monoisotopic (exact) mass is 271 g/mol. The van der Waals surface area contributed by atoms with E-state index < -0.39 is 0 Å². The van der Waals surface area contributed by atoms with E-state index in [0.29, 0.717) is 23.5 Å². The summed E-state index contributed by atoms with van der Waals surface area (Å²) < 4.78 is 5.09. The van der Waals surface area contributed by atoms with Crippen molar-refractivity contribution in [3.8, 4) is 5.75 Å². The largest absolute Gasteiger partial charge is 0.495 e. The van der Waals surface area contributed by atoms with Crippen LogP contribution >= 0.6 is 0 Å². The first-order chi connectivity index (χ1) is 9.67. The van der Waals surface area contributed by atoms with Crippen LogP contribution in [0.1, 0.15) is 17.3 Å². The average Bonchev–Trinajstić information content (AvgIpc) is 2.49. The molecular formula is C15H17N3O2. The fourth-order valence-electron chi connectivity index (χ4n) is 1.99. The van der Waals surface area contributed by atoms with Crippen LogP contribution in [0.15, 0.2) is 42.7 Å². The highest BCUT2D eigenvalue weighted by atomic mass is 16.5. The number of hydrogen-bond donors (Lipinski definition) is 1. The third-order valence-corrected chi connectivity index (χ3v) is 3.01. The van der Waals surface area contributed by atoms with Crippen molar-refractivity contribution in [1.82, 2.24) is 4.98 Å². The summed E-state index contributed by atoms with van der Waals surface area (Å²) in [5.41, 5.74) is 7.63. The van der Waals surface area contributed by atoms with E-state index in [2.05, 4.69) is 4.98 Å². The van der Waals surface area contributed by atoms with Gasteiger partial charge in [-0.2, -0.15) is 0 Å². The highest BCUT2D eigenvalue weighted by Gasteiger charge is 2.17. The highest BCUT2D eigenvalue weighted by molar-refractivity contribution is 6.06. The lowest BCUT2D eigenvalue weighted by molar-refractivity contribution is 0.0988.